The molecule has 270 valence electrons. The fourth-order valence-corrected chi connectivity index (χ4v) is 10.2. The van der Waals surface area contributed by atoms with Gasteiger partial charge in [0, 0.05) is 47.1 Å². The van der Waals surface area contributed by atoms with E-state index in [1.807, 2.05) is 54.6 Å². The lowest BCUT2D eigenvalue weighted by Crippen LogP contribution is -2.29. The second-order valence-electron chi connectivity index (χ2n) is 11.4. The first-order valence-corrected chi connectivity index (χ1v) is 20.5. The molecule has 15 nitrogen and oxygen atoms in total. The number of phosphoric acid groups is 2. The van der Waals surface area contributed by atoms with Crippen molar-refractivity contribution in [1.82, 2.24) is 0 Å². The molecule has 1 aliphatic rings. The van der Waals surface area contributed by atoms with Gasteiger partial charge < -0.3 is 29.2 Å². The van der Waals surface area contributed by atoms with Gasteiger partial charge in [0.2, 0.25) is 5.91 Å². The number of hydrogen-bond donors (Lipinski definition) is 4. The van der Waals surface area contributed by atoms with Gasteiger partial charge in [0.15, 0.2) is 0 Å². The lowest BCUT2D eigenvalue weighted by atomic mass is 10.1. The molecular formula is C33H36N3O12P3. The van der Waals surface area contributed by atoms with Crippen LogP contribution < -0.4 is 25.6 Å². The molecule has 0 aliphatic carbocycles. The van der Waals surface area contributed by atoms with E-state index in [2.05, 4.69) is 45.4 Å². The number of fused-ring (bicyclic) bond motifs is 1. The van der Waals surface area contributed by atoms with Crippen molar-refractivity contribution in [1.29, 1.82) is 0 Å². The molecule has 0 spiro atoms. The van der Waals surface area contributed by atoms with E-state index < -0.39 is 46.9 Å². The number of amides is 1. The summed E-state index contributed by atoms with van der Waals surface area (Å²) in [6.07, 6.45) is -0.925. The summed E-state index contributed by atoms with van der Waals surface area (Å²) in [5, 5.41) is 15.2. The minimum absolute atomic E-state index is 0.00214. The number of anilines is 1. The average Bonchev–Trinajstić information content (AvgIpc) is 3.56. The molecule has 5 rings (SSSR count). The average molecular weight is 760 g/mol. The van der Waals surface area contributed by atoms with Crippen molar-refractivity contribution in [3.63, 3.8) is 0 Å². The zero-order valence-corrected chi connectivity index (χ0v) is 29.8. The lowest BCUT2D eigenvalue weighted by molar-refractivity contribution is -0.384. The molecule has 51 heavy (non-hydrogen) atoms. The third-order valence-corrected chi connectivity index (χ3v) is 12.7. The molecule has 1 heterocycles. The van der Waals surface area contributed by atoms with E-state index in [1.54, 1.807) is 0 Å². The van der Waals surface area contributed by atoms with E-state index >= 15 is 0 Å². The SMILES string of the molecule is O=C(CCCN=P(c1ccccc1)(c1ccccc1)c1ccccc1)N1CCc2c(OC(COP(=O)(O)O)COP(=O)(O)O)ccc([N+](=O)[O-])c21. The van der Waals surface area contributed by atoms with Gasteiger partial charge >= 0.3 is 15.6 Å². The van der Waals surface area contributed by atoms with Crippen molar-refractivity contribution in [2.45, 2.75) is 25.4 Å². The number of ether oxygens (including phenoxy) is 1. The summed E-state index contributed by atoms with van der Waals surface area (Å²) in [5.74, 6) is -0.379. The maximum absolute atomic E-state index is 13.7. The van der Waals surface area contributed by atoms with Crippen molar-refractivity contribution in [2.75, 3.05) is 31.2 Å². The third kappa shape index (κ3) is 9.66. The predicted octanol–water partition coefficient (Wildman–Crippen LogP) is 4.41. The summed E-state index contributed by atoms with van der Waals surface area (Å²) >= 11 is 0. The molecule has 0 aromatic heterocycles. The molecule has 4 aromatic rings. The number of nitro benzene ring substituents is 1. The van der Waals surface area contributed by atoms with Gasteiger partial charge in [-0.3, -0.25) is 28.7 Å². The van der Waals surface area contributed by atoms with Crippen LogP contribution in [0.1, 0.15) is 18.4 Å². The smallest absolute Gasteiger partial charge is 0.469 e. The number of nitro groups is 1. The van der Waals surface area contributed by atoms with E-state index in [1.165, 1.54) is 11.0 Å². The maximum atomic E-state index is 13.7. The molecule has 1 aliphatic heterocycles. The van der Waals surface area contributed by atoms with Crippen LogP contribution in [0.3, 0.4) is 0 Å². The lowest BCUT2D eigenvalue weighted by Gasteiger charge is -2.27. The van der Waals surface area contributed by atoms with Crippen LogP contribution in [0.2, 0.25) is 0 Å². The van der Waals surface area contributed by atoms with Crippen LogP contribution in [0.15, 0.2) is 108 Å². The van der Waals surface area contributed by atoms with Gasteiger partial charge in [-0.1, -0.05) is 91.0 Å². The van der Waals surface area contributed by atoms with Gasteiger partial charge in [-0.15, -0.1) is 0 Å². The standard InChI is InChI=1S/C33H36N3O12P3/c37-32(17-10-21-34-49(26-11-4-1-5-12-26,27-13-6-2-7-14-27)28-15-8-3-9-16-28)35-22-20-29-31(19-18-30(33(29)35)36(38)39)48-25(23-46-50(40,41)42)24-47-51(43,44)45/h1-9,11-16,18-19,25H,10,17,20-24H2,(H2,40,41,42)(H2,43,44,45). The van der Waals surface area contributed by atoms with E-state index in [4.69, 9.17) is 29.1 Å². The van der Waals surface area contributed by atoms with Crippen molar-refractivity contribution in [2.24, 2.45) is 4.74 Å². The number of rotatable bonds is 16. The molecule has 0 fully saturated rings. The zero-order chi connectivity index (χ0) is 36.6. The Hall–Kier alpha value is -4.00. The van der Waals surface area contributed by atoms with Crippen LogP contribution in [-0.2, 0) is 29.4 Å². The fourth-order valence-electron chi connectivity index (χ4n) is 5.86. The Morgan fingerprint density at radius 2 is 1.29 bits per heavy atom. The van der Waals surface area contributed by atoms with Crippen LogP contribution >= 0.6 is 22.7 Å². The van der Waals surface area contributed by atoms with Crippen LogP contribution in [0.4, 0.5) is 11.4 Å². The van der Waals surface area contributed by atoms with Crippen molar-refractivity contribution < 1.29 is 52.2 Å². The van der Waals surface area contributed by atoms with Gasteiger partial charge in [-0.05, 0) is 18.9 Å². The summed E-state index contributed by atoms with van der Waals surface area (Å²) in [5.41, 5.74) is -0.0870. The van der Waals surface area contributed by atoms with Crippen LogP contribution in [0.5, 0.6) is 5.75 Å². The minimum atomic E-state index is -5.00. The predicted molar refractivity (Wildman–Crippen MR) is 191 cm³/mol. The van der Waals surface area contributed by atoms with Crippen LogP contribution in [0.25, 0.3) is 0 Å². The highest BCUT2D eigenvalue weighted by Gasteiger charge is 2.36. The number of carbonyl (C=O) groups excluding carboxylic acids is 1. The van der Waals surface area contributed by atoms with E-state index in [9.17, 15) is 24.0 Å². The Kier molecular flexibility index (Phi) is 12.4. The summed E-state index contributed by atoms with van der Waals surface area (Å²) in [7, 11) is -12.5. The molecule has 0 radical (unpaired) electrons. The van der Waals surface area contributed by atoms with Gasteiger partial charge in [0.25, 0.3) is 5.69 Å². The Labute approximate surface area is 293 Å². The van der Waals surface area contributed by atoms with Gasteiger partial charge in [0.1, 0.15) is 17.5 Å². The maximum Gasteiger partial charge on any atom is 0.469 e. The second kappa shape index (κ2) is 16.6. The third-order valence-electron chi connectivity index (χ3n) is 7.97. The molecule has 1 amide bonds. The monoisotopic (exact) mass is 759 g/mol. The second-order valence-corrected chi connectivity index (χ2v) is 17.0. The largest absolute Gasteiger partial charge is 0.485 e. The van der Waals surface area contributed by atoms with E-state index in [0.717, 1.165) is 22.0 Å². The van der Waals surface area contributed by atoms with Crippen molar-refractivity contribution >= 4 is 55.9 Å². The quantitative estimate of drug-likeness (QED) is 0.0541. The molecule has 0 saturated carbocycles. The number of benzene rings is 4. The van der Waals surface area contributed by atoms with Crippen LogP contribution in [0, 0.1) is 10.1 Å². The summed E-state index contributed by atoms with van der Waals surface area (Å²) in [6.45, 7) is -1.25. The highest BCUT2D eigenvalue weighted by Crippen LogP contribution is 2.47. The van der Waals surface area contributed by atoms with Crippen LogP contribution in [-0.4, -0.2) is 62.8 Å². The highest BCUT2D eigenvalue weighted by molar-refractivity contribution is 7.87. The fraction of sp³-hybridized carbons (Fsp3) is 0.242. The van der Waals surface area contributed by atoms with E-state index in [-0.39, 0.29) is 48.0 Å². The summed E-state index contributed by atoms with van der Waals surface area (Å²) < 4.78 is 42.6. The first-order chi connectivity index (χ1) is 24.3. The van der Waals surface area contributed by atoms with Gasteiger partial charge in [-0.25, -0.2) is 9.13 Å². The Morgan fingerprint density at radius 1 is 0.804 bits per heavy atom. The normalized spacial score (nSPS) is 13.2. The molecule has 0 atom stereocenters. The van der Waals surface area contributed by atoms with E-state index in [0.29, 0.717) is 13.0 Å². The zero-order valence-electron chi connectivity index (χ0n) is 27.1. The van der Waals surface area contributed by atoms with Gasteiger partial charge in [0.05, 0.1) is 25.2 Å². The van der Waals surface area contributed by atoms with Gasteiger partial charge in [-0.2, -0.15) is 0 Å². The molecule has 0 unspecified atom stereocenters. The Morgan fingerprint density at radius 3 is 1.75 bits per heavy atom. The molecular weight excluding hydrogens is 723 g/mol. The Bertz CT molecular complexity index is 1860. The minimum Gasteiger partial charge on any atom is -0.485 e. The summed E-state index contributed by atoms with van der Waals surface area (Å²) in [6, 6.07) is 32.4. The van der Waals surface area contributed by atoms with Crippen molar-refractivity contribution in [3.8, 4) is 5.75 Å². The number of nitrogens with zero attached hydrogens (tertiary/aromatic N) is 3. The number of carbonyl (C=O) groups is 1. The number of hydrogen-bond acceptors (Lipinski definition) is 9. The Balaban J connectivity index is 1.40. The topological polar surface area (TPSA) is 219 Å². The highest BCUT2D eigenvalue weighted by atomic mass is 31.2. The molecule has 4 N–H and O–H groups in total. The molecule has 0 bridgehead atoms. The first-order valence-electron chi connectivity index (χ1n) is 15.7. The molecule has 0 saturated heterocycles. The number of phosphoric ester groups is 2. The molecule has 18 heteroatoms. The summed E-state index contributed by atoms with van der Waals surface area (Å²) in [4.78, 5) is 63.0. The first kappa shape index (κ1) is 38.2. The molecule has 4 aromatic carbocycles. The van der Waals surface area contributed by atoms with Crippen molar-refractivity contribution in [3.05, 3.63) is 119 Å².